The molecule has 162 valence electrons. The summed E-state index contributed by atoms with van der Waals surface area (Å²) >= 11 is 0.870. The number of carbonyl (C=O) groups excluding carboxylic acids is 1. The second-order valence-electron chi connectivity index (χ2n) is 6.57. The van der Waals surface area contributed by atoms with Crippen molar-refractivity contribution in [2.75, 3.05) is 7.11 Å². The molecule has 1 atom stereocenters. The third-order valence-corrected chi connectivity index (χ3v) is 5.32. The number of nitrogens with zero attached hydrogens (tertiary/aromatic N) is 2. The van der Waals surface area contributed by atoms with Gasteiger partial charge in [0.25, 0.3) is 0 Å². The molecule has 1 amide bonds. The van der Waals surface area contributed by atoms with Crippen LogP contribution in [0.4, 0.5) is 13.2 Å². The predicted octanol–water partition coefficient (Wildman–Crippen LogP) is 4.97. The van der Waals surface area contributed by atoms with Crippen LogP contribution < -0.4 is 10.1 Å². The van der Waals surface area contributed by atoms with E-state index in [1.54, 1.807) is 43.3 Å². The summed E-state index contributed by atoms with van der Waals surface area (Å²) in [6.07, 6.45) is -4.63. The average molecular weight is 447 g/mol. The molecule has 5 nitrogen and oxygen atoms in total. The monoisotopic (exact) mass is 447 g/mol. The predicted molar refractivity (Wildman–Crippen MR) is 113 cm³/mol. The summed E-state index contributed by atoms with van der Waals surface area (Å²) in [5, 5.41) is 1.94. The van der Waals surface area contributed by atoms with E-state index in [4.69, 9.17) is 4.74 Å². The van der Waals surface area contributed by atoms with Crippen LogP contribution in [0.2, 0.25) is 0 Å². The fourth-order valence-corrected chi connectivity index (χ4v) is 3.58. The van der Waals surface area contributed by atoms with Gasteiger partial charge in [0, 0.05) is 17.7 Å². The van der Waals surface area contributed by atoms with Crippen molar-refractivity contribution < 1.29 is 22.7 Å². The van der Waals surface area contributed by atoms with Crippen LogP contribution in [0.1, 0.15) is 18.2 Å². The van der Waals surface area contributed by atoms with E-state index in [1.807, 2.05) is 18.2 Å². The molecule has 1 unspecified atom stereocenters. The van der Waals surface area contributed by atoms with E-state index in [0.717, 1.165) is 23.4 Å². The molecule has 0 fully saturated rings. The lowest BCUT2D eigenvalue weighted by atomic mass is 10.1. The number of hydrogen-bond acceptors (Lipinski definition) is 5. The number of benzene rings is 2. The summed E-state index contributed by atoms with van der Waals surface area (Å²) in [7, 11) is 1.54. The number of rotatable bonds is 7. The number of amides is 1. The molecule has 3 rings (SSSR count). The van der Waals surface area contributed by atoms with E-state index in [2.05, 4.69) is 15.3 Å². The molecule has 0 aliphatic heterocycles. The first-order chi connectivity index (χ1) is 14.8. The number of thioether (sulfide) groups is 1. The zero-order valence-corrected chi connectivity index (χ0v) is 17.6. The standard InChI is InChI=1S/C22H20F3N3O2S/c1-14(20(29)26-13-16-10-6-7-11-18(16)30-2)31-21-27-17(15-8-4-3-5-9-15)12-19(28-21)22(23,24)25/h3-12,14H,13H2,1-2H3,(H,26,29). The molecule has 1 heterocycles. The molecular weight excluding hydrogens is 427 g/mol. The molecule has 31 heavy (non-hydrogen) atoms. The summed E-state index contributed by atoms with van der Waals surface area (Å²) in [6.45, 7) is 1.82. The minimum absolute atomic E-state index is 0.117. The van der Waals surface area contributed by atoms with Crippen molar-refractivity contribution in [2.45, 2.75) is 30.1 Å². The Morgan fingerprint density at radius 1 is 1.10 bits per heavy atom. The van der Waals surface area contributed by atoms with Crippen LogP contribution in [0.3, 0.4) is 0 Å². The van der Waals surface area contributed by atoms with Gasteiger partial charge < -0.3 is 10.1 Å². The highest BCUT2D eigenvalue weighted by Gasteiger charge is 2.34. The van der Waals surface area contributed by atoms with Gasteiger partial charge in [-0.05, 0) is 19.1 Å². The van der Waals surface area contributed by atoms with E-state index >= 15 is 0 Å². The first kappa shape index (κ1) is 22.6. The van der Waals surface area contributed by atoms with Crippen LogP contribution in [0.15, 0.2) is 65.8 Å². The third-order valence-electron chi connectivity index (χ3n) is 4.36. The number of hydrogen-bond donors (Lipinski definition) is 1. The lowest BCUT2D eigenvalue weighted by Gasteiger charge is -2.14. The molecule has 9 heteroatoms. The van der Waals surface area contributed by atoms with Crippen molar-refractivity contribution in [2.24, 2.45) is 0 Å². The number of para-hydroxylation sites is 1. The smallest absolute Gasteiger partial charge is 0.433 e. The van der Waals surface area contributed by atoms with Gasteiger partial charge in [0.15, 0.2) is 5.16 Å². The van der Waals surface area contributed by atoms with Gasteiger partial charge in [0.1, 0.15) is 11.4 Å². The first-order valence-corrected chi connectivity index (χ1v) is 10.2. The molecule has 1 N–H and O–H groups in total. The van der Waals surface area contributed by atoms with Gasteiger partial charge in [-0.3, -0.25) is 4.79 Å². The molecule has 0 saturated heterocycles. The van der Waals surface area contributed by atoms with E-state index in [0.29, 0.717) is 11.3 Å². The SMILES string of the molecule is COc1ccccc1CNC(=O)C(C)Sc1nc(-c2ccccc2)cc(C(F)(F)F)n1. The Morgan fingerprint density at radius 2 is 1.77 bits per heavy atom. The zero-order chi connectivity index (χ0) is 22.4. The van der Waals surface area contributed by atoms with E-state index in [-0.39, 0.29) is 23.3 Å². The highest BCUT2D eigenvalue weighted by atomic mass is 32.2. The van der Waals surface area contributed by atoms with Crippen LogP contribution in [0, 0.1) is 0 Å². The summed E-state index contributed by atoms with van der Waals surface area (Å²) in [5.41, 5.74) is 0.417. The van der Waals surface area contributed by atoms with Gasteiger partial charge in [0.2, 0.25) is 5.91 Å². The topological polar surface area (TPSA) is 64.1 Å². The fourth-order valence-electron chi connectivity index (χ4n) is 2.77. The maximum Gasteiger partial charge on any atom is 0.433 e. The quantitative estimate of drug-likeness (QED) is 0.409. The highest BCUT2D eigenvalue weighted by Crippen LogP contribution is 2.32. The molecule has 0 aliphatic carbocycles. The van der Waals surface area contributed by atoms with Crippen LogP contribution >= 0.6 is 11.8 Å². The van der Waals surface area contributed by atoms with Gasteiger partial charge >= 0.3 is 6.18 Å². The van der Waals surface area contributed by atoms with Crippen molar-refractivity contribution in [3.63, 3.8) is 0 Å². The molecule has 0 bridgehead atoms. The zero-order valence-electron chi connectivity index (χ0n) is 16.8. The largest absolute Gasteiger partial charge is 0.496 e. The van der Waals surface area contributed by atoms with Crippen LogP contribution in [-0.4, -0.2) is 28.2 Å². The minimum atomic E-state index is -4.63. The Balaban J connectivity index is 1.76. The van der Waals surface area contributed by atoms with Gasteiger partial charge in [-0.15, -0.1) is 0 Å². The van der Waals surface area contributed by atoms with Gasteiger partial charge in [-0.25, -0.2) is 9.97 Å². The molecule has 0 saturated carbocycles. The van der Waals surface area contributed by atoms with Crippen molar-refractivity contribution >= 4 is 17.7 Å². The molecule has 0 radical (unpaired) electrons. The van der Waals surface area contributed by atoms with Gasteiger partial charge in [0.05, 0.1) is 18.1 Å². The van der Waals surface area contributed by atoms with Gasteiger partial charge in [-0.1, -0.05) is 60.3 Å². The minimum Gasteiger partial charge on any atom is -0.496 e. The van der Waals surface area contributed by atoms with Crippen molar-refractivity contribution in [3.8, 4) is 17.0 Å². The van der Waals surface area contributed by atoms with Crippen molar-refractivity contribution in [1.82, 2.24) is 15.3 Å². The van der Waals surface area contributed by atoms with Crippen LogP contribution in [0.25, 0.3) is 11.3 Å². The molecular formula is C22H20F3N3O2S. The lowest BCUT2D eigenvalue weighted by Crippen LogP contribution is -2.30. The average Bonchev–Trinajstić information content (AvgIpc) is 2.77. The van der Waals surface area contributed by atoms with Crippen molar-refractivity contribution in [3.05, 3.63) is 71.9 Å². The normalized spacial score (nSPS) is 12.3. The number of methoxy groups -OCH3 is 1. The summed E-state index contributed by atoms with van der Waals surface area (Å²) in [5.74, 6) is 0.287. The van der Waals surface area contributed by atoms with E-state index < -0.39 is 17.1 Å². The van der Waals surface area contributed by atoms with E-state index in [1.165, 1.54) is 7.11 Å². The lowest BCUT2D eigenvalue weighted by molar-refractivity contribution is -0.141. The summed E-state index contributed by atoms with van der Waals surface area (Å²) < 4.78 is 45.3. The molecule has 0 spiro atoms. The number of ether oxygens (including phenoxy) is 1. The van der Waals surface area contributed by atoms with Crippen molar-refractivity contribution in [1.29, 1.82) is 0 Å². The number of nitrogens with one attached hydrogen (secondary N) is 1. The van der Waals surface area contributed by atoms with Crippen LogP contribution in [0.5, 0.6) is 5.75 Å². The second-order valence-corrected chi connectivity index (χ2v) is 7.88. The highest BCUT2D eigenvalue weighted by molar-refractivity contribution is 8.00. The number of alkyl halides is 3. The molecule has 0 aliphatic rings. The summed E-state index contributed by atoms with van der Waals surface area (Å²) in [4.78, 5) is 20.4. The Labute approximate surface area is 182 Å². The molecule has 3 aromatic rings. The van der Waals surface area contributed by atoms with Crippen LogP contribution in [-0.2, 0) is 17.5 Å². The molecule has 2 aromatic carbocycles. The van der Waals surface area contributed by atoms with Gasteiger partial charge in [-0.2, -0.15) is 13.2 Å². The fraction of sp³-hybridized carbons (Fsp3) is 0.227. The third kappa shape index (κ3) is 5.97. The second kappa shape index (κ2) is 9.82. The maximum atomic E-state index is 13.3. The first-order valence-electron chi connectivity index (χ1n) is 9.36. The Hall–Kier alpha value is -3.07. The van der Waals surface area contributed by atoms with E-state index in [9.17, 15) is 18.0 Å². The maximum absolute atomic E-state index is 13.3. The number of halogens is 3. The molecule has 1 aromatic heterocycles. The Kier molecular flexibility index (Phi) is 7.17. The Bertz CT molecular complexity index is 1050. The number of aromatic nitrogens is 2. The Morgan fingerprint density at radius 3 is 2.45 bits per heavy atom. The number of carbonyl (C=O) groups is 1. The summed E-state index contributed by atoms with van der Waals surface area (Å²) in [6, 6.07) is 16.7.